The van der Waals surface area contributed by atoms with Crippen LogP contribution in [0.5, 0.6) is 0 Å². The number of nitrogens with one attached hydrogen (secondary N) is 1. The lowest BCUT2D eigenvalue weighted by Crippen LogP contribution is -2.05. The van der Waals surface area contributed by atoms with Crippen molar-refractivity contribution in [2.75, 3.05) is 23.3 Å². The van der Waals surface area contributed by atoms with E-state index in [2.05, 4.69) is 11.4 Å². The molecule has 2 aromatic rings. The molecule has 17 heavy (non-hydrogen) atoms. The third-order valence-electron chi connectivity index (χ3n) is 2.60. The van der Waals surface area contributed by atoms with Crippen LogP contribution in [0.4, 0.5) is 17.1 Å². The van der Waals surface area contributed by atoms with Crippen molar-refractivity contribution in [2.45, 2.75) is 6.42 Å². The molecule has 0 radical (unpaired) electrons. The van der Waals surface area contributed by atoms with Crippen LogP contribution in [0.25, 0.3) is 0 Å². The average Bonchev–Trinajstić information content (AvgIpc) is 2.32. The number of hydrogen-bond donors (Lipinski definition) is 3. The molecule has 0 aromatic heterocycles. The Morgan fingerprint density at radius 3 is 2.35 bits per heavy atom. The highest BCUT2D eigenvalue weighted by Gasteiger charge is 1.95. The fraction of sp³-hybridized carbons (Fsp3) is 0.143. The highest BCUT2D eigenvalue weighted by Crippen LogP contribution is 2.11. The minimum absolute atomic E-state index is 0.784. The lowest BCUT2D eigenvalue weighted by Gasteiger charge is -2.07. The molecular formula is C14H17N3. The molecule has 0 amide bonds. The standard InChI is InChI=1S/C14H17N3/c15-12-4-6-14(7-5-12)17-9-8-11-2-1-3-13(16)10-11/h1-7,10,17H,8-9,15-16H2. The van der Waals surface area contributed by atoms with Gasteiger partial charge < -0.3 is 16.8 Å². The first-order chi connectivity index (χ1) is 8.24. The lowest BCUT2D eigenvalue weighted by atomic mass is 10.1. The predicted octanol–water partition coefficient (Wildman–Crippen LogP) is 2.51. The van der Waals surface area contributed by atoms with Crippen molar-refractivity contribution in [1.29, 1.82) is 0 Å². The van der Waals surface area contributed by atoms with Gasteiger partial charge in [0, 0.05) is 23.6 Å². The molecule has 0 bridgehead atoms. The maximum atomic E-state index is 5.72. The van der Waals surface area contributed by atoms with Crippen LogP contribution >= 0.6 is 0 Å². The summed E-state index contributed by atoms with van der Waals surface area (Å²) in [5.74, 6) is 0. The van der Waals surface area contributed by atoms with E-state index >= 15 is 0 Å². The zero-order chi connectivity index (χ0) is 12.1. The summed E-state index contributed by atoms with van der Waals surface area (Å²) in [5.41, 5.74) is 15.3. The second-order valence-electron chi connectivity index (χ2n) is 4.04. The molecule has 0 saturated heterocycles. The molecule has 0 atom stereocenters. The van der Waals surface area contributed by atoms with Crippen molar-refractivity contribution in [3.8, 4) is 0 Å². The topological polar surface area (TPSA) is 64.1 Å². The van der Waals surface area contributed by atoms with Crippen molar-refractivity contribution in [1.82, 2.24) is 0 Å². The largest absolute Gasteiger partial charge is 0.399 e. The van der Waals surface area contributed by atoms with Gasteiger partial charge in [-0.3, -0.25) is 0 Å². The minimum Gasteiger partial charge on any atom is -0.399 e. The smallest absolute Gasteiger partial charge is 0.0341 e. The van der Waals surface area contributed by atoms with Crippen LogP contribution in [0.1, 0.15) is 5.56 Å². The normalized spacial score (nSPS) is 10.1. The van der Waals surface area contributed by atoms with Gasteiger partial charge in [-0.15, -0.1) is 0 Å². The number of nitrogens with two attached hydrogens (primary N) is 2. The van der Waals surface area contributed by atoms with Gasteiger partial charge in [-0.1, -0.05) is 12.1 Å². The fourth-order valence-corrected chi connectivity index (χ4v) is 1.70. The Labute approximate surface area is 101 Å². The molecule has 0 aliphatic rings. The van der Waals surface area contributed by atoms with E-state index in [4.69, 9.17) is 11.5 Å². The summed E-state index contributed by atoms with van der Waals surface area (Å²) in [6.07, 6.45) is 0.954. The van der Waals surface area contributed by atoms with Gasteiger partial charge in [0.1, 0.15) is 0 Å². The maximum absolute atomic E-state index is 5.72. The van der Waals surface area contributed by atoms with Gasteiger partial charge in [0.2, 0.25) is 0 Å². The van der Waals surface area contributed by atoms with Crippen LogP contribution in [0, 0.1) is 0 Å². The summed E-state index contributed by atoms with van der Waals surface area (Å²) < 4.78 is 0. The van der Waals surface area contributed by atoms with Gasteiger partial charge in [-0.2, -0.15) is 0 Å². The van der Waals surface area contributed by atoms with Gasteiger partial charge in [0.25, 0.3) is 0 Å². The van der Waals surface area contributed by atoms with Crippen LogP contribution in [0.2, 0.25) is 0 Å². The third kappa shape index (κ3) is 3.41. The van der Waals surface area contributed by atoms with Gasteiger partial charge in [0.15, 0.2) is 0 Å². The molecule has 3 heteroatoms. The fourth-order valence-electron chi connectivity index (χ4n) is 1.70. The number of nitrogen functional groups attached to an aromatic ring is 2. The first kappa shape index (κ1) is 11.3. The van der Waals surface area contributed by atoms with Crippen molar-refractivity contribution in [3.05, 3.63) is 54.1 Å². The van der Waals surface area contributed by atoms with Gasteiger partial charge in [0.05, 0.1) is 0 Å². The van der Waals surface area contributed by atoms with Crippen LogP contribution in [-0.4, -0.2) is 6.54 Å². The number of hydrogen-bond acceptors (Lipinski definition) is 3. The molecule has 3 nitrogen and oxygen atoms in total. The van der Waals surface area contributed by atoms with Crippen LogP contribution < -0.4 is 16.8 Å². The molecule has 2 rings (SSSR count). The zero-order valence-corrected chi connectivity index (χ0v) is 9.69. The predicted molar refractivity (Wildman–Crippen MR) is 73.9 cm³/mol. The minimum atomic E-state index is 0.784. The quantitative estimate of drug-likeness (QED) is 0.703. The van der Waals surface area contributed by atoms with E-state index in [1.807, 2.05) is 42.5 Å². The Kier molecular flexibility index (Phi) is 3.50. The molecule has 0 unspecified atom stereocenters. The summed E-state index contributed by atoms with van der Waals surface area (Å²) in [6, 6.07) is 15.7. The third-order valence-corrected chi connectivity index (χ3v) is 2.60. The lowest BCUT2D eigenvalue weighted by molar-refractivity contribution is 1.02. The van der Waals surface area contributed by atoms with Crippen molar-refractivity contribution in [3.63, 3.8) is 0 Å². The molecule has 5 N–H and O–H groups in total. The SMILES string of the molecule is Nc1ccc(NCCc2cccc(N)c2)cc1. The van der Waals surface area contributed by atoms with Crippen LogP contribution in [0.3, 0.4) is 0 Å². The molecule has 0 aliphatic carbocycles. The Balaban J connectivity index is 1.85. The molecule has 0 saturated carbocycles. The molecule has 0 aliphatic heterocycles. The van der Waals surface area contributed by atoms with Gasteiger partial charge >= 0.3 is 0 Å². The highest BCUT2D eigenvalue weighted by molar-refractivity contribution is 5.51. The van der Waals surface area contributed by atoms with E-state index < -0.39 is 0 Å². The van der Waals surface area contributed by atoms with E-state index in [0.717, 1.165) is 30.0 Å². The summed E-state index contributed by atoms with van der Waals surface area (Å²) in [5, 5.41) is 3.34. The Morgan fingerprint density at radius 2 is 1.65 bits per heavy atom. The van der Waals surface area contributed by atoms with E-state index in [1.54, 1.807) is 0 Å². The second-order valence-corrected chi connectivity index (χ2v) is 4.04. The summed E-state index contributed by atoms with van der Waals surface area (Å²) in [7, 11) is 0. The van der Waals surface area contributed by atoms with Gasteiger partial charge in [-0.05, 0) is 48.4 Å². The molecule has 0 fully saturated rings. The monoisotopic (exact) mass is 227 g/mol. The Bertz CT molecular complexity index is 477. The maximum Gasteiger partial charge on any atom is 0.0341 e. The second kappa shape index (κ2) is 5.25. The molecule has 2 aromatic carbocycles. The van der Waals surface area contributed by atoms with Crippen LogP contribution in [-0.2, 0) is 6.42 Å². The average molecular weight is 227 g/mol. The van der Waals surface area contributed by atoms with Crippen molar-refractivity contribution < 1.29 is 0 Å². The molecule has 0 heterocycles. The van der Waals surface area contributed by atoms with E-state index in [-0.39, 0.29) is 0 Å². The highest BCUT2D eigenvalue weighted by atomic mass is 14.9. The summed E-state index contributed by atoms with van der Waals surface area (Å²) in [6.45, 7) is 0.882. The molecule has 0 spiro atoms. The summed E-state index contributed by atoms with van der Waals surface area (Å²) >= 11 is 0. The van der Waals surface area contributed by atoms with Crippen molar-refractivity contribution >= 4 is 17.1 Å². The first-order valence-electron chi connectivity index (χ1n) is 5.68. The van der Waals surface area contributed by atoms with Crippen molar-refractivity contribution in [2.24, 2.45) is 0 Å². The van der Waals surface area contributed by atoms with E-state index in [1.165, 1.54) is 5.56 Å². The van der Waals surface area contributed by atoms with Crippen LogP contribution in [0.15, 0.2) is 48.5 Å². The number of anilines is 3. The zero-order valence-electron chi connectivity index (χ0n) is 9.69. The number of rotatable bonds is 4. The molecular weight excluding hydrogens is 210 g/mol. The molecule has 88 valence electrons. The Morgan fingerprint density at radius 1 is 0.882 bits per heavy atom. The van der Waals surface area contributed by atoms with Gasteiger partial charge in [-0.25, -0.2) is 0 Å². The Hall–Kier alpha value is -2.16. The number of benzene rings is 2. The van der Waals surface area contributed by atoms with E-state index in [0.29, 0.717) is 0 Å². The first-order valence-corrected chi connectivity index (χ1v) is 5.68. The van der Waals surface area contributed by atoms with E-state index in [9.17, 15) is 0 Å². The summed E-state index contributed by atoms with van der Waals surface area (Å²) in [4.78, 5) is 0.